The third-order valence-corrected chi connectivity index (χ3v) is 4.23. The van der Waals surface area contributed by atoms with Crippen molar-refractivity contribution >= 4 is 21.4 Å². The van der Waals surface area contributed by atoms with E-state index in [9.17, 15) is 8.42 Å². The molecule has 1 unspecified atom stereocenters. The van der Waals surface area contributed by atoms with Gasteiger partial charge in [-0.3, -0.25) is 4.68 Å². The molecule has 0 aliphatic carbocycles. The maximum atomic E-state index is 11.1. The first-order valence-corrected chi connectivity index (χ1v) is 8.11. The molecule has 0 N–H and O–H groups in total. The summed E-state index contributed by atoms with van der Waals surface area (Å²) in [7, 11) is -2.96. The van der Waals surface area contributed by atoms with Crippen molar-refractivity contribution < 1.29 is 8.42 Å². The summed E-state index contributed by atoms with van der Waals surface area (Å²) >= 11 is 6.23. The number of sulfone groups is 1. The van der Waals surface area contributed by atoms with E-state index in [4.69, 9.17) is 11.6 Å². The van der Waals surface area contributed by atoms with E-state index in [-0.39, 0.29) is 11.1 Å². The van der Waals surface area contributed by atoms with Gasteiger partial charge in [0, 0.05) is 17.5 Å². The van der Waals surface area contributed by atoms with Crippen LogP contribution in [0.2, 0.25) is 0 Å². The Kier molecular flexibility index (Phi) is 4.61. The van der Waals surface area contributed by atoms with E-state index in [0.717, 1.165) is 23.4 Å². The van der Waals surface area contributed by atoms with Crippen LogP contribution in [-0.4, -0.2) is 30.2 Å². The van der Waals surface area contributed by atoms with Crippen LogP contribution in [0.25, 0.3) is 0 Å². The summed E-state index contributed by atoms with van der Waals surface area (Å²) in [5.74, 6) is 0.105. The maximum absolute atomic E-state index is 11.1. The topological polar surface area (TPSA) is 52.0 Å². The molecule has 0 aromatic carbocycles. The van der Waals surface area contributed by atoms with E-state index in [1.54, 1.807) is 4.68 Å². The first kappa shape index (κ1) is 14.5. The average Bonchev–Trinajstić information content (AvgIpc) is 2.49. The van der Waals surface area contributed by atoms with Gasteiger partial charge in [-0.2, -0.15) is 5.10 Å². The lowest BCUT2D eigenvalue weighted by Crippen LogP contribution is -2.13. The largest absolute Gasteiger partial charge is 0.268 e. The molecule has 1 aromatic rings. The Morgan fingerprint density at radius 3 is 2.47 bits per heavy atom. The van der Waals surface area contributed by atoms with Gasteiger partial charge in [0.15, 0.2) is 0 Å². The van der Waals surface area contributed by atoms with Gasteiger partial charge in [0.1, 0.15) is 9.84 Å². The fraction of sp³-hybridized carbons (Fsp3) is 0.727. The number of hydrogen-bond donors (Lipinski definition) is 0. The van der Waals surface area contributed by atoms with Crippen molar-refractivity contribution in [3.63, 3.8) is 0 Å². The second-order valence-electron chi connectivity index (χ2n) is 4.31. The van der Waals surface area contributed by atoms with Gasteiger partial charge in [0.2, 0.25) is 0 Å². The summed E-state index contributed by atoms with van der Waals surface area (Å²) in [5.41, 5.74) is 2.88. The van der Waals surface area contributed by atoms with Crippen molar-refractivity contribution in [3.05, 3.63) is 17.0 Å². The highest BCUT2D eigenvalue weighted by molar-refractivity contribution is 7.90. The Morgan fingerprint density at radius 2 is 2.00 bits per heavy atom. The van der Waals surface area contributed by atoms with Crippen LogP contribution < -0.4 is 0 Å². The minimum Gasteiger partial charge on any atom is -0.268 e. The first-order valence-electron chi connectivity index (χ1n) is 5.62. The smallest absolute Gasteiger partial charge is 0.149 e. The van der Waals surface area contributed by atoms with Crippen molar-refractivity contribution in [3.8, 4) is 0 Å². The van der Waals surface area contributed by atoms with Crippen molar-refractivity contribution in [2.75, 3.05) is 12.0 Å². The highest BCUT2D eigenvalue weighted by Crippen LogP contribution is 2.29. The lowest BCUT2D eigenvalue weighted by atomic mass is 10.1. The van der Waals surface area contributed by atoms with Crippen molar-refractivity contribution in [2.45, 2.75) is 39.1 Å². The van der Waals surface area contributed by atoms with Gasteiger partial charge in [0.05, 0.1) is 23.4 Å². The Balaban J connectivity index is 2.97. The molecule has 0 saturated carbocycles. The average molecular weight is 279 g/mol. The third-order valence-electron chi connectivity index (χ3n) is 2.78. The predicted molar refractivity (Wildman–Crippen MR) is 70.3 cm³/mol. The summed E-state index contributed by atoms with van der Waals surface area (Å²) in [6.45, 7) is 6.25. The molecule has 1 heterocycles. The number of nitrogens with zero attached hydrogens (tertiary/aromatic N) is 2. The lowest BCUT2D eigenvalue weighted by molar-refractivity contribution is 0.581. The summed E-state index contributed by atoms with van der Waals surface area (Å²) in [6.07, 6.45) is 2.07. The highest BCUT2D eigenvalue weighted by atomic mass is 35.5. The van der Waals surface area contributed by atoms with E-state index in [1.165, 1.54) is 6.26 Å². The minimum absolute atomic E-state index is 0.0537. The van der Waals surface area contributed by atoms with Crippen LogP contribution in [0.1, 0.15) is 35.7 Å². The molecule has 1 rings (SSSR count). The molecule has 0 radical (unpaired) electrons. The Morgan fingerprint density at radius 1 is 1.41 bits per heavy atom. The Bertz CT molecular complexity index is 494. The number of hydrogen-bond acceptors (Lipinski definition) is 3. The zero-order chi connectivity index (χ0) is 13.2. The van der Waals surface area contributed by atoms with Crippen LogP contribution in [0.3, 0.4) is 0 Å². The molecule has 0 saturated heterocycles. The second kappa shape index (κ2) is 5.40. The molecule has 4 nitrogen and oxygen atoms in total. The van der Waals surface area contributed by atoms with E-state index in [0.29, 0.717) is 6.54 Å². The second-order valence-corrected chi connectivity index (χ2v) is 7.10. The Labute approximate surface area is 108 Å². The van der Waals surface area contributed by atoms with E-state index in [1.807, 2.05) is 20.8 Å². The zero-order valence-corrected chi connectivity index (χ0v) is 12.3. The van der Waals surface area contributed by atoms with Gasteiger partial charge < -0.3 is 0 Å². The summed E-state index contributed by atoms with van der Waals surface area (Å²) in [4.78, 5) is 0. The number of alkyl halides is 1. The lowest BCUT2D eigenvalue weighted by Gasteiger charge is -2.08. The van der Waals surface area contributed by atoms with Crippen molar-refractivity contribution in [1.82, 2.24) is 9.78 Å². The first-order chi connectivity index (χ1) is 7.76. The molecule has 1 atom stereocenters. The fourth-order valence-electron chi connectivity index (χ4n) is 1.84. The number of halogens is 1. The van der Waals surface area contributed by atoms with Gasteiger partial charge in [-0.15, -0.1) is 11.6 Å². The molecule has 0 fully saturated rings. The minimum atomic E-state index is -2.96. The fourth-order valence-corrected chi connectivity index (χ4v) is 2.66. The summed E-state index contributed by atoms with van der Waals surface area (Å²) < 4.78 is 24.0. The molecule has 0 aliphatic heterocycles. The molecule has 0 spiro atoms. The van der Waals surface area contributed by atoms with Crippen LogP contribution >= 0.6 is 11.6 Å². The van der Waals surface area contributed by atoms with E-state index < -0.39 is 9.84 Å². The van der Waals surface area contributed by atoms with Gasteiger partial charge >= 0.3 is 0 Å². The summed E-state index contributed by atoms with van der Waals surface area (Å²) in [6, 6.07) is 0. The quantitative estimate of drug-likeness (QED) is 0.776. The predicted octanol–water partition coefficient (Wildman–Crippen LogP) is 2.23. The van der Waals surface area contributed by atoms with E-state index in [2.05, 4.69) is 5.10 Å². The molecular formula is C11H19ClN2O2S. The molecule has 0 bridgehead atoms. The molecular weight excluding hydrogens is 260 g/mol. The molecule has 1 aromatic heterocycles. The highest BCUT2D eigenvalue weighted by Gasteiger charge is 2.18. The molecule has 0 aliphatic rings. The zero-order valence-electron chi connectivity index (χ0n) is 10.7. The van der Waals surface area contributed by atoms with Crippen molar-refractivity contribution in [2.24, 2.45) is 0 Å². The number of aromatic nitrogens is 2. The molecule has 98 valence electrons. The third kappa shape index (κ3) is 3.71. The van der Waals surface area contributed by atoms with Gasteiger partial charge in [-0.05, 0) is 20.3 Å². The molecule has 0 amide bonds. The molecule has 6 heteroatoms. The molecule has 17 heavy (non-hydrogen) atoms. The van der Waals surface area contributed by atoms with Crippen LogP contribution in [0.5, 0.6) is 0 Å². The maximum Gasteiger partial charge on any atom is 0.149 e. The van der Waals surface area contributed by atoms with Crippen LogP contribution in [0.4, 0.5) is 0 Å². The Hall–Kier alpha value is -0.550. The van der Waals surface area contributed by atoms with E-state index >= 15 is 0 Å². The van der Waals surface area contributed by atoms with Gasteiger partial charge in [-0.1, -0.05) is 6.92 Å². The monoisotopic (exact) mass is 278 g/mol. The normalized spacial score (nSPS) is 13.9. The van der Waals surface area contributed by atoms with Gasteiger partial charge in [0.25, 0.3) is 0 Å². The summed E-state index contributed by atoms with van der Waals surface area (Å²) in [5, 5.41) is 4.30. The van der Waals surface area contributed by atoms with Crippen LogP contribution in [-0.2, 0) is 16.4 Å². The van der Waals surface area contributed by atoms with Crippen molar-refractivity contribution in [1.29, 1.82) is 0 Å². The number of rotatable bonds is 5. The van der Waals surface area contributed by atoms with Crippen LogP contribution in [0, 0.1) is 13.8 Å². The number of aryl methyl sites for hydroxylation is 2. The standard InChI is InChI=1S/C11H19ClN2O2S/c1-5-10(12)11-8(2)13-14(9(11)3)6-7-17(4,15)16/h10H,5-7H2,1-4H3. The SMILES string of the molecule is CCC(Cl)c1c(C)nn(CCS(C)(=O)=O)c1C. The van der Waals surface area contributed by atoms with Gasteiger partial charge in [-0.25, -0.2) is 8.42 Å². The van der Waals surface area contributed by atoms with Crippen LogP contribution in [0.15, 0.2) is 0 Å².